The molecule has 0 bridgehead atoms. The van der Waals surface area contributed by atoms with E-state index in [1.165, 1.54) is 23.1 Å². The van der Waals surface area contributed by atoms with Gasteiger partial charge in [0, 0.05) is 6.04 Å². The van der Waals surface area contributed by atoms with Crippen LogP contribution in [0.4, 0.5) is 5.13 Å². The molecular weight excluding hydrogens is 364 g/mol. The Morgan fingerprint density at radius 1 is 1.33 bits per heavy atom. The van der Waals surface area contributed by atoms with Crippen molar-refractivity contribution in [3.05, 3.63) is 22.5 Å². The Bertz CT molecular complexity index is 824. The first kappa shape index (κ1) is 17.1. The molecule has 0 spiro atoms. The lowest BCUT2D eigenvalue weighted by Crippen LogP contribution is -2.15. The number of aromatic nitrogens is 5. The lowest BCUT2D eigenvalue weighted by atomic mass is 10.3. The fraction of sp³-hybridized carbons (Fsp3) is 0.357. The maximum Gasteiger partial charge on any atom is 0.236 e. The van der Waals surface area contributed by atoms with Gasteiger partial charge in [-0.2, -0.15) is 0 Å². The van der Waals surface area contributed by atoms with Gasteiger partial charge in [0.2, 0.25) is 11.0 Å². The van der Waals surface area contributed by atoms with E-state index in [1.54, 1.807) is 11.3 Å². The molecule has 0 aliphatic heterocycles. The van der Waals surface area contributed by atoms with Crippen LogP contribution in [-0.4, -0.2) is 36.6 Å². The van der Waals surface area contributed by atoms with Crippen molar-refractivity contribution in [2.45, 2.75) is 32.0 Å². The summed E-state index contributed by atoms with van der Waals surface area (Å²) in [6.07, 6.45) is 0. The number of carbonyl (C=O) groups excluding carboxylic acids is 1. The molecule has 0 unspecified atom stereocenters. The largest absolute Gasteiger partial charge is 0.300 e. The van der Waals surface area contributed by atoms with Gasteiger partial charge in [0.05, 0.1) is 10.6 Å². The molecule has 7 nitrogen and oxygen atoms in total. The molecule has 3 aromatic heterocycles. The molecule has 1 amide bonds. The average molecular weight is 381 g/mol. The van der Waals surface area contributed by atoms with Gasteiger partial charge in [-0.05, 0) is 32.2 Å². The van der Waals surface area contributed by atoms with Gasteiger partial charge in [-0.25, -0.2) is 0 Å². The lowest BCUT2D eigenvalue weighted by molar-refractivity contribution is -0.113. The Morgan fingerprint density at radius 2 is 2.17 bits per heavy atom. The van der Waals surface area contributed by atoms with E-state index in [-0.39, 0.29) is 17.7 Å². The van der Waals surface area contributed by atoms with Crippen LogP contribution in [0.5, 0.6) is 0 Å². The van der Waals surface area contributed by atoms with Gasteiger partial charge in [-0.3, -0.25) is 14.7 Å². The van der Waals surface area contributed by atoms with Gasteiger partial charge in [0.15, 0.2) is 11.0 Å². The third-order valence-corrected chi connectivity index (χ3v) is 5.59. The molecule has 0 aromatic carbocycles. The zero-order chi connectivity index (χ0) is 17.1. The van der Waals surface area contributed by atoms with Crippen LogP contribution < -0.4 is 5.32 Å². The van der Waals surface area contributed by atoms with Crippen molar-refractivity contribution in [2.75, 3.05) is 11.1 Å². The Labute approximate surface area is 151 Å². The summed E-state index contributed by atoms with van der Waals surface area (Å²) < 4.78 is 2.05. The second-order valence-electron chi connectivity index (χ2n) is 5.21. The van der Waals surface area contributed by atoms with Crippen molar-refractivity contribution < 1.29 is 4.79 Å². The molecule has 0 saturated heterocycles. The molecule has 0 atom stereocenters. The number of carbonyl (C=O) groups is 1. The summed E-state index contributed by atoms with van der Waals surface area (Å²) in [5.41, 5.74) is 0. The van der Waals surface area contributed by atoms with Gasteiger partial charge in [0.25, 0.3) is 0 Å². The minimum Gasteiger partial charge on any atom is -0.300 e. The van der Waals surface area contributed by atoms with Crippen LogP contribution in [0.25, 0.3) is 10.7 Å². The van der Waals surface area contributed by atoms with Crippen LogP contribution in [0, 0.1) is 6.92 Å². The molecule has 24 heavy (non-hydrogen) atoms. The number of aryl methyl sites for hydroxylation is 1. The van der Waals surface area contributed by atoms with Crippen molar-refractivity contribution >= 4 is 45.5 Å². The standard InChI is InChI=1S/C14H16N6OS3/c1-8(2)20-12(10-5-4-6-22-10)17-19-14(20)23-7-11(21)15-13-18-16-9(3)24-13/h4-6,8H,7H2,1-3H3,(H,15,18,21). The first-order valence-corrected chi connectivity index (χ1v) is 9.94. The Kier molecular flexibility index (Phi) is 5.27. The fourth-order valence-electron chi connectivity index (χ4n) is 2.05. The highest BCUT2D eigenvalue weighted by Gasteiger charge is 2.18. The van der Waals surface area contributed by atoms with E-state index in [9.17, 15) is 4.79 Å². The van der Waals surface area contributed by atoms with Crippen molar-refractivity contribution in [3.63, 3.8) is 0 Å². The minimum absolute atomic E-state index is 0.132. The van der Waals surface area contributed by atoms with Crippen molar-refractivity contribution in [2.24, 2.45) is 0 Å². The molecule has 3 heterocycles. The second-order valence-corrected chi connectivity index (χ2v) is 8.28. The summed E-state index contributed by atoms with van der Waals surface area (Å²) in [4.78, 5) is 13.1. The van der Waals surface area contributed by atoms with Crippen LogP contribution in [0.2, 0.25) is 0 Å². The van der Waals surface area contributed by atoms with Crippen LogP contribution in [0.1, 0.15) is 24.9 Å². The molecule has 3 rings (SSSR count). The summed E-state index contributed by atoms with van der Waals surface area (Å²) in [6.45, 7) is 6.00. The van der Waals surface area contributed by atoms with Crippen molar-refractivity contribution in [3.8, 4) is 10.7 Å². The quantitative estimate of drug-likeness (QED) is 0.659. The molecule has 0 aliphatic rings. The summed E-state index contributed by atoms with van der Waals surface area (Å²) in [6, 6.07) is 4.21. The SMILES string of the molecule is Cc1nnc(NC(=O)CSc2nnc(-c3cccs3)n2C(C)C)s1. The number of thioether (sulfide) groups is 1. The van der Waals surface area contributed by atoms with Crippen LogP contribution in [0.3, 0.4) is 0 Å². The minimum atomic E-state index is -0.132. The molecule has 0 aliphatic carbocycles. The van der Waals surface area contributed by atoms with Crippen LogP contribution in [0.15, 0.2) is 22.7 Å². The summed E-state index contributed by atoms with van der Waals surface area (Å²) in [5.74, 6) is 0.947. The topological polar surface area (TPSA) is 85.6 Å². The molecule has 0 fully saturated rings. The highest BCUT2D eigenvalue weighted by atomic mass is 32.2. The predicted octanol–water partition coefficient (Wildman–Crippen LogP) is 3.48. The van der Waals surface area contributed by atoms with Crippen molar-refractivity contribution in [1.29, 1.82) is 0 Å². The number of hydrogen-bond acceptors (Lipinski definition) is 8. The number of rotatable bonds is 6. The number of nitrogens with one attached hydrogen (secondary N) is 1. The summed E-state index contributed by atoms with van der Waals surface area (Å²) >= 11 is 4.34. The predicted molar refractivity (Wildman–Crippen MR) is 97.7 cm³/mol. The third-order valence-electron chi connectivity index (χ3n) is 3.03. The number of hydrogen-bond donors (Lipinski definition) is 1. The van der Waals surface area contributed by atoms with E-state index in [0.29, 0.717) is 5.13 Å². The normalized spacial score (nSPS) is 11.2. The molecule has 0 saturated carbocycles. The van der Waals surface area contributed by atoms with Crippen LogP contribution in [-0.2, 0) is 4.79 Å². The molecule has 1 N–H and O–H groups in total. The van der Waals surface area contributed by atoms with E-state index in [1.807, 2.05) is 24.4 Å². The zero-order valence-electron chi connectivity index (χ0n) is 13.4. The van der Waals surface area contributed by atoms with Crippen molar-refractivity contribution in [1.82, 2.24) is 25.0 Å². The summed E-state index contributed by atoms with van der Waals surface area (Å²) in [7, 11) is 0. The maximum absolute atomic E-state index is 12.1. The molecule has 3 aromatic rings. The van der Waals surface area contributed by atoms with E-state index in [4.69, 9.17) is 0 Å². The number of thiophene rings is 1. The Hall–Kier alpha value is -1.78. The van der Waals surface area contributed by atoms with E-state index in [0.717, 1.165) is 20.9 Å². The molecular formula is C14H16N6OS3. The first-order valence-electron chi connectivity index (χ1n) is 7.26. The number of nitrogens with zero attached hydrogens (tertiary/aromatic N) is 5. The first-order chi connectivity index (χ1) is 11.5. The maximum atomic E-state index is 12.1. The van der Waals surface area contributed by atoms with Gasteiger partial charge < -0.3 is 0 Å². The number of amides is 1. The average Bonchev–Trinajstić information content (AvgIpc) is 3.24. The van der Waals surface area contributed by atoms with Gasteiger partial charge >= 0.3 is 0 Å². The van der Waals surface area contributed by atoms with Gasteiger partial charge in [-0.15, -0.1) is 31.7 Å². The molecule has 126 valence electrons. The van der Waals surface area contributed by atoms with E-state index in [2.05, 4.69) is 44.1 Å². The summed E-state index contributed by atoms with van der Waals surface area (Å²) in [5, 5.41) is 23.1. The van der Waals surface area contributed by atoms with E-state index >= 15 is 0 Å². The monoisotopic (exact) mass is 380 g/mol. The zero-order valence-corrected chi connectivity index (χ0v) is 15.8. The Morgan fingerprint density at radius 3 is 2.79 bits per heavy atom. The smallest absolute Gasteiger partial charge is 0.236 e. The second kappa shape index (κ2) is 7.41. The van der Waals surface area contributed by atoms with E-state index < -0.39 is 0 Å². The molecule has 0 radical (unpaired) electrons. The van der Waals surface area contributed by atoms with Gasteiger partial charge in [0.1, 0.15) is 5.01 Å². The highest BCUT2D eigenvalue weighted by Crippen LogP contribution is 2.30. The van der Waals surface area contributed by atoms with Gasteiger partial charge in [-0.1, -0.05) is 29.2 Å². The van der Waals surface area contributed by atoms with Crippen LogP contribution >= 0.6 is 34.4 Å². The lowest BCUT2D eigenvalue weighted by Gasteiger charge is -2.12. The fourth-order valence-corrected chi connectivity index (χ4v) is 4.23. The Balaban J connectivity index is 1.70. The highest BCUT2D eigenvalue weighted by molar-refractivity contribution is 7.99. The number of anilines is 1. The third kappa shape index (κ3) is 3.82. The molecule has 10 heteroatoms.